The molecule has 0 fully saturated rings. The molecule has 4 nitrogen and oxygen atoms in total. The molecule has 0 bridgehead atoms. The molecule has 2 rings (SSSR count). The molecule has 0 atom stereocenters. The first-order valence-electron chi connectivity index (χ1n) is 5.67. The number of carboxylic acids is 1. The lowest BCUT2D eigenvalue weighted by Gasteiger charge is -1.97. The maximum atomic E-state index is 10.3. The number of carbonyl (C=O) groups is 1. The van der Waals surface area contributed by atoms with E-state index in [1.54, 1.807) is 30.7 Å². The van der Waals surface area contributed by atoms with Crippen molar-refractivity contribution >= 4 is 23.9 Å². The molecule has 0 aliphatic rings. The van der Waals surface area contributed by atoms with E-state index in [0.717, 1.165) is 22.9 Å². The second-order valence-electron chi connectivity index (χ2n) is 3.79. The molecule has 2 aromatic rings. The Kier molecular flexibility index (Phi) is 4.18. The van der Waals surface area contributed by atoms with E-state index >= 15 is 0 Å². The maximum Gasteiger partial charge on any atom is 0.0643 e. The van der Waals surface area contributed by atoms with Gasteiger partial charge in [0.1, 0.15) is 0 Å². The number of carbonyl (C=O) groups excluding carboxylic acids is 1. The quantitative estimate of drug-likeness (QED) is 0.612. The molecule has 0 amide bonds. The third kappa shape index (κ3) is 4.20. The van der Waals surface area contributed by atoms with Crippen LogP contribution in [-0.2, 0) is 4.79 Å². The lowest BCUT2D eigenvalue weighted by atomic mass is 10.2. The number of hydrogen-bond acceptors (Lipinski definition) is 4. The molecule has 0 aliphatic heterocycles. The number of carboxylic acid groups (broad SMARTS) is 1. The van der Waals surface area contributed by atoms with Gasteiger partial charge in [-0.15, -0.1) is 0 Å². The van der Waals surface area contributed by atoms with Crippen molar-refractivity contribution < 1.29 is 9.90 Å². The number of aliphatic carboxylic acids is 1. The predicted molar refractivity (Wildman–Crippen MR) is 72.0 cm³/mol. The van der Waals surface area contributed by atoms with Crippen LogP contribution in [-0.4, -0.2) is 17.2 Å². The van der Waals surface area contributed by atoms with Crippen LogP contribution in [0, 0.1) is 0 Å². The smallest absolute Gasteiger partial charge is 0.0643 e. The third-order valence-electron chi connectivity index (χ3n) is 2.33. The first kappa shape index (κ1) is 12.7. The highest BCUT2D eigenvalue weighted by Gasteiger charge is 1.91. The van der Waals surface area contributed by atoms with Crippen LogP contribution in [0.5, 0.6) is 0 Å². The summed E-state index contributed by atoms with van der Waals surface area (Å²) >= 11 is 0. The minimum atomic E-state index is -1.22. The maximum absolute atomic E-state index is 10.3. The summed E-state index contributed by atoms with van der Waals surface area (Å²) < 4.78 is 0. The van der Waals surface area contributed by atoms with E-state index in [9.17, 15) is 9.90 Å². The van der Waals surface area contributed by atoms with Crippen LogP contribution in [0.3, 0.4) is 0 Å². The van der Waals surface area contributed by atoms with Gasteiger partial charge in [-0.2, -0.15) is 0 Å². The molecular weight excluding hydrogens is 240 g/mol. The zero-order valence-corrected chi connectivity index (χ0v) is 10.1. The van der Waals surface area contributed by atoms with Crippen molar-refractivity contribution in [2.75, 3.05) is 0 Å². The molecule has 1 aromatic carbocycles. The van der Waals surface area contributed by atoms with Crippen molar-refractivity contribution in [3.8, 4) is 0 Å². The van der Waals surface area contributed by atoms with Crippen molar-refractivity contribution in [1.82, 2.24) is 4.98 Å². The molecule has 0 N–H and O–H groups in total. The van der Waals surface area contributed by atoms with Crippen LogP contribution >= 0.6 is 0 Å². The van der Waals surface area contributed by atoms with Gasteiger partial charge in [0, 0.05) is 24.2 Å². The lowest BCUT2D eigenvalue weighted by molar-refractivity contribution is -0.297. The van der Waals surface area contributed by atoms with Crippen molar-refractivity contribution in [1.29, 1.82) is 0 Å². The number of pyridine rings is 1. The molecule has 0 radical (unpaired) electrons. The van der Waals surface area contributed by atoms with Crippen molar-refractivity contribution in [3.05, 3.63) is 66.0 Å². The van der Waals surface area contributed by atoms with Gasteiger partial charge in [-0.05, 0) is 29.8 Å². The van der Waals surface area contributed by atoms with Gasteiger partial charge in [-0.25, -0.2) is 0 Å². The van der Waals surface area contributed by atoms with Crippen LogP contribution in [0.2, 0.25) is 0 Å². The number of benzene rings is 1. The molecule has 0 unspecified atom stereocenters. The summed E-state index contributed by atoms with van der Waals surface area (Å²) in [6, 6.07) is 11.0. The fourth-order valence-electron chi connectivity index (χ4n) is 1.47. The van der Waals surface area contributed by atoms with Gasteiger partial charge in [0.25, 0.3) is 0 Å². The van der Waals surface area contributed by atoms with Crippen molar-refractivity contribution in [2.45, 2.75) is 0 Å². The largest absolute Gasteiger partial charge is 0.545 e. The summed E-state index contributed by atoms with van der Waals surface area (Å²) in [4.78, 5) is 18.6. The highest BCUT2D eigenvalue weighted by Crippen LogP contribution is 2.15. The molecular formula is C15H11N2O2-. The van der Waals surface area contributed by atoms with Crippen LogP contribution in [0.4, 0.5) is 5.69 Å². The van der Waals surface area contributed by atoms with Crippen LogP contribution < -0.4 is 5.11 Å². The van der Waals surface area contributed by atoms with Crippen LogP contribution in [0.25, 0.3) is 6.08 Å². The standard InChI is InChI=1S/C15H12N2O2/c18-15(19)7-6-12-3-1-5-14(9-12)17-11-13-4-2-8-16-10-13/h1-11H,(H,18,19)/p-1/b7-6+,17-11?. The molecule has 0 saturated heterocycles. The number of hydrogen-bond donors (Lipinski definition) is 0. The summed E-state index contributed by atoms with van der Waals surface area (Å²) in [5.74, 6) is -1.22. The van der Waals surface area contributed by atoms with Gasteiger partial charge in [0.15, 0.2) is 0 Å². The Labute approximate surface area is 110 Å². The predicted octanol–water partition coefficient (Wildman–Crippen LogP) is 1.60. The Bertz CT molecular complexity index is 619. The van der Waals surface area contributed by atoms with E-state index in [1.165, 1.54) is 6.08 Å². The zero-order valence-electron chi connectivity index (χ0n) is 10.1. The average molecular weight is 251 g/mol. The van der Waals surface area contributed by atoms with E-state index in [0.29, 0.717) is 0 Å². The minimum absolute atomic E-state index is 0.740. The third-order valence-corrected chi connectivity index (χ3v) is 2.33. The van der Waals surface area contributed by atoms with Crippen molar-refractivity contribution in [3.63, 3.8) is 0 Å². The molecule has 0 aliphatic carbocycles. The normalized spacial score (nSPS) is 11.2. The van der Waals surface area contributed by atoms with E-state index < -0.39 is 5.97 Å². The first-order chi connectivity index (χ1) is 9.24. The zero-order chi connectivity index (χ0) is 13.5. The summed E-state index contributed by atoms with van der Waals surface area (Å²) in [7, 11) is 0. The summed E-state index contributed by atoms with van der Waals surface area (Å²) in [6.07, 6.45) is 7.57. The van der Waals surface area contributed by atoms with Crippen LogP contribution in [0.1, 0.15) is 11.1 Å². The average Bonchev–Trinajstić information content (AvgIpc) is 2.44. The van der Waals surface area contributed by atoms with Gasteiger partial charge < -0.3 is 9.90 Å². The molecule has 1 heterocycles. The van der Waals surface area contributed by atoms with Gasteiger partial charge in [-0.3, -0.25) is 9.98 Å². The fraction of sp³-hybridized carbons (Fsp3) is 0. The Morgan fingerprint density at radius 3 is 2.79 bits per heavy atom. The Balaban J connectivity index is 2.15. The first-order valence-corrected chi connectivity index (χ1v) is 5.67. The van der Waals surface area contributed by atoms with E-state index in [2.05, 4.69) is 9.98 Å². The summed E-state index contributed by atoms with van der Waals surface area (Å²) in [5, 5.41) is 10.3. The Hall–Kier alpha value is -2.75. The fourth-order valence-corrected chi connectivity index (χ4v) is 1.47. The molecule has 94 valence electrons. The SMILES string of the molecule is O=C([O-])/C=C/c1cccc(N=Cc2cccnc2)c1. The second kappa shape index (κ2) is 6.26. The van der Waals surface area contributed by atoms with Gasteiger partial charge in [0.05, 0.1) is 11.7 Å². The van der Waals surface area contributed by atoms with E-state index in [4.69, 9.17) is 0 Å². The molecule has 1 aromatic heterocycles. The molecule has 0 spiro atoms. The number of rotatable bonds is 4. The Morgan fingerprint density at radius 1 is 1.21 bits per heavy atom. The van der Waals surface area contributed by atoms with Crippen molar-refractivity contribution in [2.24, 2.45) is 4.99 Å². The van der Waals surface area contributed by atoms with Gasteiger partial charge >= 0.3 is 0 Å². The second-order valence-corrected chi connectivity index (χ2v) is 3.79. The highest BCUT2D eigenvalue weighted by molar-refractivity contribution is 5.84. The summed E-state index contributed by atoms with van der Waals surface area (Å²) in [5.41, 5.74) is 2.40. The molecule has 4 heteroatoms. The molecule has 19 heavy (non-hydrogen) atoms. The minimum Gasteiger partial charge on any atom is -0.545 e. The molecule has 0 saturated carbocycles. The number of aromatic nitrogens is 1. The monoisotopic (exact) mass is 251 g/mol. The van der Waals surface area contributed by atoms with E-state index in [1.807, 2.05) is 24.3 Å². The van der Waals surface area contributed by atoms with Gasteiger partial charge in [-0.1, -0.05) is 24.3 Å². The summed E-state index contributed by atoms with van der Waals surface area (Å²) in [6.45, 7) is 0. The number of aliphatic imine (C=N–C) groups is 1. The lowest BCUT2D eigenvalue weighted by Crippen LogP contribution is -2.18. The van der Waals surface area contributed by atoms with Gasteiger partial charge in [0.2, 0.25) is 0 Å². The van der Waals surface area contributed by atoms with Crippen LogP contribution in [0.15, 0.2) is 59.9 Å². The highest BCUT2D eigenvalue weighted by atomic mass is 16.4. The number of nitrogens with zero attached hydrogens (tertiary/aromatic N) is 2. The topological polar surface area (TPSA) is 65.4 Å². The Morgan fingerprint density at radius 2 is 2.05 bits per heavy atom. The van der Waals surface area contributed by atoms with E-state index in [-0.39, 0.29) is 0 Å².